The standard InChI is InChI=1S/C22H21N5O/c1-15-8-9-16(20-14-27-11-5-10-23-22(27)25-20)13-19(15)24-21(28)17-6-4-7-18(12-17)26(2)3/h4-14H,1-3H3,(H,24,28). The molecule has 140 valence electrons. The zero-order valence-electron chi connectivity index (χ0n) is 16.0. The number of aryl methyl sites for hydroxylation is 1. The summed E-state index contributed by atoms with van der Waals surface area (Å²) in [5.41, 5.74) is 5.09. The molecule has 0 unspecified atom stereocenters. The number of nitrogens with zero attached hydrogens (tertiary/aromatic N) is 4. The van der Waals surface area contributed by atoms with Crippen molar-refractivity contribution in [3.8, 4) is 11.3 Å². The van der Waals surface area contributed by atoms with Gasteiger partial charge in [-0.2, -0.15) is 0 Å². The zero-order chi connectivity index (χ0) is 19.7. The molecule has 1 N–H and O–H groups in total. The number of benzene rings is 2. The minimum absolute atomic E-state index is 0.138. The van der Waals surface area contributed by atoms with Crippen LogP contribution in [0.3, 0.4) is 0 Å². The predicted octanol–water partition coefficient (Wildman–Crippen LogP) is 4.02. The van der Waals surface area contributed by atoms with Crippen molar-refractivity contribution < 1.29 is 4.79 Å². The van der Waals surface area contributed by atoms with Gasteiger partial charge in [-0.25, -0.2) is 9.97 Å². The molecule has 4 aromatic rings. The number of amides is 1. The molecule has 0 aliphatic carbocycles. The Morgan fingerprint density at radius 1 is 1.11 bits per heavy atom. The van der Waals surface area contributed by atoms with Gasteiger partial charge in [-0.15, -0.1) is 0 Å². The molecule has 0 aliphatic rings. The van der Waals surface area contributed by atoms with E-state index in [1.165, 1.54) is 0 Å². The second kappa shape index (κ2) is 7.15. The fraction of sp³-hybridized carbons (Fsp3) is 0.136. The highest BCUT2D eigenvalue weighted by Gasteiger charge is 2.12. The molecule has 4 rings (SSSR count). The molecule has 0 bridgehead atoms. The Balaban J connectivity index is 1.64. The Morgan fingerprint density at radius 3 is 2.75 bits per heavy atom. The number of carbonyl (C=O) groups is 1. The lowest BCUT2D eigenvalue weighted by atomic mass is 10.1. The van der Waals surface area contributed by atoms with Gasteiger partial charge in [-0.3, -0.25) is 9.20 Å². The van der Waals surface area contributed by atoms with E-state index in [1.54, 1.807) is 6.20 Å². The van der Waals surface area contributed by atoms with Crippen LogP contribution in [-0.4, -0.2) is 34.4 Å². The first-order valence-electron chi connectivity index (χ1n) is 9.01. The van der Waals surface area contributed by atoms with Crippen LogP contribution in [0.2, 0.25) is 0 Å². The molecule has 0 saturated heterocycles. The Hall–Kier alpha value is -3.67. The normalized spacial score (nSPS) is 10.8. The van der Waals surface area contributed by atoms with Crippen molar-refractivity contribution >= 4 is 23.1 Å². The van der Waals surface area contributed by atoms with Crippen molar-refractivity contribution in [2.45, 2.75) is 6.92 Å². The number of nitrogens with one attached hydrogen (secondary N) is 1. The molecule has 0 fully saturated rings. The highest BCUT2D eigenvalue weighted by molar-refractivity contribution is 6.05. The maximum Gasteiger partial charge on any atom is 0.255 e. The number of rotatable bonds is 4. The number of hydrogen-bond donors (Lipinski definition) is 1. The lowest BCUT2D eigenvalue weighted by Gasteiger charge is -2.14. The lowest BCUT2D eigenvalue weighted by molar-refractivity contribution is 0.102. The molecule has 0 saturated carbocycles. The van der Waals surface area contributed by atoms with Gasteiger partial charge in [0, 0.05) is 55.2 Å². The van der Waals surface area contributed by atoms with Gasteiger partial charge in [-0.05, 0) is 42.8 Å². The summed E-state index contributed by atoms with van der Waals surface area (Å²) in [5, 5.41) is 3.03. The van der Waals surface area contributed by atoms with Crippen LogP contribution >= 0.6 is 0 Å². The van der Waals surface area contributed by atoms with Crippen molar-refractivity contribution in [1.29, 1.82) is 0 Å². The average Bonchev–Trinajstić information content (AvgIpc) is 3.14. The summed E-state index contributed by atoms with van der Waals surface area (Å²) >= 11 is 0. The summed E-state index contributed by atoms with van der Waals surface area (Å²) in [6.45, 7) is 1.97. The minimum Gasteiger partial charge on any atom is -0.378 e. The molecule has 0 radical (unpaired) electrons. The van der Waals surface area contributed by atoms with Gasteiger partial charge in [0.2, 0.25) is 5.78 Å². The van der Waals surface area contributed by atoms with E-state index in [4.69, 9.17) is 0 Å². The number of aromatic nitrogens is 3. The third kappa shape index (κ3) is 3.44. The first-order valence-corrected chi connectivity index (χ1v) is 9.01. The third-order valence-electron chi connectivity index (χ3n) is 4.64. The highest BCUT2D eigenvalue weighted by atomic mass is 16.1. The Morgan fingerprint density at radius 2 is 1.96 bits per heavy atom. The second-order valence-corrected chi connectivity index (χ2v) is 6.88. The molecule has 2 aromatic heterocycles. The fourth-order valence-corrected chi connectivity index (χ4v) is 3.00. The molecule has 2 heterocycles. The van der Waals surface area contributed by atoms with Crippen LogP contribution in [0.4, 0.5) is 11.4 Å². The highest BCUT2D eigenvalue weighted by Crippen LogP contribution is 2.25. The Kier molecular flexibility index (Phi) is 4.53. The fourth-order valence-electron chi connectivity index (χ4n) is 3.00. The summed E-state index contributed by atoms with van der Waals surface area (Å²) in [4.78, 5) is 23.6. The van der Waals surface area contributed by atoms with Gasteiger partial charge >= 0.3 is 0 Å². The Bertz CT molecular complexity index is 1130. The van der Waals surface area contributed by atoms with Gasteiger partial charge in [0.1, 0.15) is 0 Å². The summed E-state index contributed by atoms with van der Waals surface area (Å²) in [5.74, 6) is 0.504. The van der Waals surface area contributed by atoms with Gasteiger partial charge in [0.05, 0.1) is 5.69 Å². The van der Waals surface area contributed by atoms with Crippen molar-refractivity contribution in [2.75, 3.05) is 24.3 Å². The van der Waals surface area contributed by atoms with Crippen LogP contribution in [0.1, 0.15) is 15.9 Å². The molecule has 0 aliphatic heterocycles. The van der Waals surface area contributed by atoms with E-state index in [0.29, 0.717) is 11.3 Å². The first kappa shape index (κ1) is 17.7. The van der Waals surface area contributed by atoms with Crippen molar-refractivity contribution in [2.24, 2.45) is 0 Å². The van der Waals surface area contributed by atoms with E-state index in [-0.39, 0.29) is 5.91 Å². The van der Waals surface area contributed by atoms with Crippen LogP contribution in [0.25, 0.3) is 17.0 Å². The van der Waals surface area contributed by atoms with Gasteiger partial charge in [-0.1, -0.05) is 18.2 Å². The predicted molar refractivity (Wildman–Crippen MR) is 112 cm³/mol. The molecule has 28 heavy (non-hydrogen) atoms. The van der Waals surface area contributed by atoms with E-state index < -0.39 is 0 Å². The molecular weight excluding hydrogens is 350 g/mol. The summed E-state index contributed by atoms with van der Waals surface area (Å²) in [6, 6.07) is 15.3. The molecule has 6 nitrogen and oxygen atoms in total. The first-order chi connectivity index (χ1) is 13.5. The zero-order valence-corrected chi connectivity index (χ0v) is 16.0. The van der Waals surface area contributed by atoms with E-state index in [0.717, 1.165) is 28.2 Å². The molecular formula is C22H21N5O. The molecule has 0 atom stereocenters. The van der Waals surface area contributed by atoms with E-state index >= 15 is 0 Å². The number of imidazole rings is 1. The lowest BCUT2D eigenvalue weighted by Crippen LogP contribution is -2.14. The molecule has 6 heteroatoms. The van der Waals surface area contributed by atoms with Crippen molar-refractivity contribution in [1.82, 2.24) is 14.4 Å². The van der Waals surface area contributed by atoms with Gasteiger partial charge < -0.3 is 10.2 Å². The molecule has 1 amide bonds. The summed E-state index contributed by atoms with van der Waals surface area (Å²) in [6.07, 6.45) is 5.56. The molecule has 2 aromatic carbocycles. The van der Waals surface area contributed by atoms with E-state index in [9.17, 15) is 4.79 Å². The number of fused-ring (bicyclic) bond motifs is 1. The topological polar surface area (TPSA) is 62.5 Å². The molecule has 0 spiro atoms. The van der Waals surface area contributed by atoms with Crippen LogP contribution < -0.4 is 10.2 Å². The monoisotopic (exact) mass is 371 g/mol. The van der Waals surface area contributed by atoms with Crippen LogP contribution in [0.15, 0.2) is 67.1 Å². The Labute approximate surface area is 163 Å². The SMILES string of the molecule is Cc1ccc(-c2cn3cccnc3n2)cc1NC(=O)c1cccc(N(C)C)c1. The smallest absolute Gasteiger partial charge is 0.255 e. The number of hydrogen-bond acceptors (Lipinski definition) is 4. The van der Waals surface area contributed by atoms with Gasteiger partial charge in [0.15, 0.2) is 0 Å². The largest absolute Gasteiger partial charge is 0.378 e. The van der Waals surface area contributed by atoms with Crippen molar-refractivity contribution in [3.05, 3.63) is 78.2 Å². The van der Waals surface area contributed by atoms with Crippen molar-refractivity contribution in [3.63, 3.8) is 0 Å². The van der Waals surface area contributed by atoms with Crippen LogP contribution in [0, 0.1) is 6.92 Å². The minimum atomic E-state index is -0.138. The van der Waals surface area contributed by atoms with Crippen LogP contribution in [0.5, 0.6) is 0 Å². The summed E-state index contributed by atoms with van der Waals surface area (Å²) in [7, 11) is 3.91. The maximum absolute atomic E-state index is 12.8. The number of anilines is 2. The quantitative estimate of drug-likeness (QED) is 0.588. The number of carbonyl (C=O) groups excluding carboxylic acids is 1. The van der Waals surface area contributed by atoms with Gasteiger partial charge in [0.25, 0.3) is 5.91 Å². The van der Waals surface area contributed by atoms with Crippen LogP contribution in [-0.2, 0) is 0 Å². The third-order valence-corrected chi connectivity index (χ3v) is 4.64. The van der Waals surface area contributed by atoms with E-state index in [1.807, 2.05) is 91.2 Å². The van der Waals surface area contributed by atoms with E-state index in [2.05, 4.69) is 15.3 Å². The maximum atomic E-state index is 12.8. The summed E-state index contributed by atoms with van der Waals surface area (Å²) < 4.78 is 1.88. The average molecular weight is 371 g/mol. The second-order valence-electron chi connectivity index (χ2n) is 6.88.